The highest BCUT2D eigenvalue weighted by Crippen LogP contribution is 2.34. The molecule has 1 aliphatic heterocycles. The zero-order valence-electron chi connectivity index (χ0n) is 10.5. The lowest BCUT2D eigenvalue weighted by atomic mass is 9.88. The zero-order chi connectivity index (χ0) is 13.4. The van der Waals surface area contributed by atoms with Crippen LogP contribution in [0.1, 0.15) is 39.3 Å². The number of carbonyl (C=O) groups is 1. The van der Waals surface area contributed by atoms with Crippen molar-refractivity contribution in [3.8, 4) is 0 Å². The minimum atomic E-state index is 0.127. The van der Waals surface area contributed by atoms with Gasteiger partial charge in [0, 0.05) is 11.1 Å². The summed E-state index contributed by atoms with van der Waals surface area (Å²) in [5.74, 6) is 0. The predicted octanol–water partition coefficient (Wildman–Crippen LogP) is 3.84. The molecular weight excluding hydrogens is 278 g/mol. The molecule has 1 aliphatic rings. The van der Waals surface area contributed by atoms with Crippen molar-refractivity contribution in [3.63, 3.8) is 0 Å². The fourth-order valence-corrected chi connectivity index (χ4v) is 3.56. The molecule has 2 heterocycles. The molecule has 2 unspecified atom stereocenters. The summed E-state index contributed by atoms with van der Waals surface area (Å²) in [7, 11) is 0. The number of halogens is 1. The van der Waals surface area contributed by atoms with Crippen LogP contribution in [-0.4, -0.2) is 12.3 Å². The molecule has 0 radical (unpaired) electrons. The van der Waals surface area contributed by atoms with Crippen LogP contribution < -0.4 is 5.32 Å². The number of nitrogens with one attached hydrogen (secondary N) is 1. The predicted molar refractivity (Wildman–Crippen MR) is 79.3 cm³/mol. The molecule has 1 N–H and O–H groups in total. The van der Waals surface area contributed by atoms with Crippen molar-refractivity contribution in [1.82, 2.24) is 5.32 Å². The molecule has 3 rings (SSSR count). The second kappa shape index (κ2) is 5.08. The fourth-order valence-electron chi connectivity index (χ4n) is 2.64. The van der Waals surface area contributed by atoms with Gasteiger partial charge in [0.15, 0.2) is 6.29 Å². The van der Waals surface area contributed by atoms with E-state index in [2.05, 4.69) is 18.3 Å². The molecule has 0 fully saturated rings. The summed E-state index contributed by atoms with van der Waals surface area (Å²) < 4.78 is 0. The Balaban J connectivity index is 2.06. The number of benzene rings is 1. The highest BCUT2D eigenvalue weighted by molar-refractivity contribution is 7.11. The van der Waals surface area contributed by atoms with Crippen LogP contribution >= 0.6 is 22.9 Å². The number of carbonyl (C=O) groups excluding carboxylic acids is 1. The normalized spacial score (nSPS) is 22.0. The molecular formula is C15H14ClNOS. The maximum Gasteiger partial charge on any atom is 0.160 e. The van der Waals surface area contributed by atoms with Gasteiger partial charge in [-0.2, -0.15) is 0 Å². The standard InChI is InChI=1S/C15H14ClNOS/c1-9-4-10-2-3-12(16)6-14(10)15(17-9)11-5-13(7-18)19-8-11/h2-3,5-9,15,17H,4H2,1H3. The van der Waals surface area contributed by atoms with Crippen molar-refractivity contribution in [2.45, 2.75) is 25.4 Å². The summed E-state index contributed by atoms with van der Waals surface area (Å²) >= 11 is 7.60. The Bertz CT molecular complexity index is 622. The van der Waals surface area contributed by atoms with Crippen molar-refractivity contribution in [1.29, 1.82) is 0 Å². The van der Waals surface area contributed by atoms with Gasteiger partial charge in [0.1, 0.15) is 0 Å². The van der Waals surface area contributed by atoms with Gasteiger partial charge in [-0.1, -0.05) is 17.7 Å². The Labute approximate surface area is 121 Å². The molecule has 0 bridgehead atoms. The Morgan fingerprint density at radius 2 is 2.26 bits per heavy atom. The molecule has 4 heteroatoms. The molecule has 0 spiro atoms. The van der Waals surface area contributed by atoms with E-state index in [1.54, 1.807) is 0 Å². The van der Waals surface area contributed by atoms with Gasteiger partial charge < -0.3 is 5.32 Å². The third kappa shape index (κ3) is 2.46. The third-order valence-corrected chi connectivity index (χ3v) is 4.60. The lowest BCUT2D eigenvalue weighted by Gasteiger charge is -2.31. The van der Waals surface area contributed by atoms with E-state index in [1.165, 1.54) is 22.5 Å². The molecule has 0 saturated carbocycles. The number of aldehydes is 1. The maximum atomic E-state index is 10.8. The first-order chi connectivity index (χ1) is 9.17. The summed E-state index contributed by atoms with van der Waals surface area (Å²) in [6, 6.07) is 8.58. The van der Waals surface area contributed by atoms with Crippen LogP contribution in [0.5, 0.6) is 0 Å². The van der Waals surface area contributed by atoms with E-state index in [0.717, 1.165) is 28.2 Å². The highest BCUT2D eigenvalue weighted by Gasteiger charge is 2.26. The topological polar surface area (TPSA) is 29.1 Å². The minimum absolute atomic E-state index is 0.127. The van der Waals surface area contributed by atoms with Gasteiger partial charge in [-0.25, -0.2) is 0 Å². The van der Waals surface area contributed by atoms with E-state index in [-0.39, 0.29) is 6.04 Å². The SMILES string of the molecule is CC1Cc2ccc(Cl)cc2C(c2csc(C=O)c2)N1. The lowest BCUT2D eigenvalue weighted by Crippen LogP contribution is -2.37. The number of rotatable bonds is 2. The van der Waals surface area contributed by atoms with Gasteiger partial charge in [0.2, 0.25) is 0 Å². The van der Waals surface area contributed by atoms with E-state index in [1.807, 2.05) is 23.6 Å². The maximum absolute atomic E-state index is 10.8. The quantitative estimate of drug-likeness (QED) is 0.852. The van der Waals surface area contributed by atoms with Gasteiger partial charge in [-0.05, 0) is 53.6 Å². The van der Waals surface area contributed by atoms with E-state index < -0.39 is 0 Å². The average Bonchev–Trinajstić information content (AvgIpc) is 2.87. The molecule has 19 heavy (non-hydrogen) atoms. The largest absolute Gasteiger partial charge is 0.303 e. The summed E-state index contributed by atoms with van der Waals surface area (Å²) in [5, 5.41) is 6.39. The van der Waals surface area contributed by atoms with Gasteiger partial charge in [-0.3, -0.25) is 4.79 Å². The molecule has 0 aliphatic carbocycles. The van der Waals surface area contributed by atoms with E-state index in [0.29, 0.717) is 6.04 Å². The number of thiophene rings is 1. The molecule has 0 saturated heterocycles. The van der Waals surface area contributed by atoms with Gasteiger partial charge >= 0.3 is 0 Å². The Morgan fingerprint density at radius 3 is 3.00 bits per heavy atom. The van der Waals surface area contributed by atoms with Crippen LogP contribution in [0.2, 0.25) is 5.02 Å². The number of hydrogen-bond donors (Lipinski definition) is 1. The molecule has 98 valence electrons. The van der Waals surface area contributed by atoms with Gasteiger partial charge in [-0.15, -0.1) is 11.3 Å². The molecule has 1 aromatic carbocycles. The number of fused-ring (bicyclic) bond motifs is 1. The van der Waals surface area contributed by atoms with Gasteiger partial charge in [0.25, 0.3) is 0 Å². The van der Waals surface area contributed by atoms with Gasteiger partial charge in [0.05, 0.1) is 10.9 Å². The van der Waals surface area contributed by atoms with E-state index in [4.69, 9.17) is 11.6 Å². The molecule has 2 atom stereocenters. The molecule has 0 amide bonds. The van der Waals surface area contributed by atoms with Crippen molar-refractivity contribution < 1.29 is 4.79 Å². The Morgan fingerprint density at radius 1 is 1.42 bits per heavy atom. The average molecular weight is 292 g/mol. The fraction of sp³-hybridized carbons (Fsp3) is 0.267. The number of hydrogen-bond acceptors (Lipinski definition) is 3. The Kier molecular flexibility index (Phi) is 3.44. The third-order valence-electron chi connectivity index (χ3n) is 3.49. The van der Waals surface area contributed by atoms with Crippen molar-refractivity contribution >= 4 is 29.2 Å². The first-order valence-electron chi connectivity index (χ1n) is 6.25. The van der Waals surface area contributed by atoms with Crippen molar-refractivity contribution in [2.75, 3.05) is 0 Å². The van der Waals surface area contributed by atoms with Crippen LogP contribution in [0.25, 0.3) is 0 Å². The smallest absolute Gasteiger partial charge is 0.160 e. The zero-order valence-corrected chi connectivity index (χ0v) is 12.1. The van der Waals surface area contributed by atoms with Crippen molar-refractivity contribution in [2.24, 2.45) is 0 Å². The van der Waals surface area contributed by atoms with Crippen LogP contribution in [0.3, 0.4) is 0 Å². The molecule has 1 aromatic heterocycles. The second-order valence-corrected chi connectivity index (χ2v) is 6.33. The second-order valence-electron chi connectivity index (χ2n) is 4.95. The monoisotopic (exact) mass is 291 g/mol. The van der Waals surface area contributed by atoms with E-state index in [9.17, 15) is 4.79 Å². The van der Waals surface area contributed by atoms with Crippen LogP contribution in [0, 0.1) is 0 Å². The minimum Gasteiger partial charge on any atom is -0.303 e. The lowest BCUT2D eigenvalue weighted by molar-refractivity contribution is 0.112. The summed E-state index contributed by atoms with van der Waals surface area (Å²) in [5.41, 5.74) is 3.70. The highest BCUT2D eigenvalue weighted by atomic mass is 35.5. The van der Waals surface area contributed by atoms with Crippen LogP contribution in [-0.2, 0) is 6.42 Å². The first-order valence-corrected chi connectivity index (χ1v) is 7.51. The summed E-state index contributed by atoms with van der Waals surface area (Å²) in [6.07, 6.45) is 1.91. The molecule has 2 aromatic rings. The summed E-state index contributed by atoms with van der Waals surface area (Å²) in [4.78, 5) is 11.6. The van der Waals surface area contributed by atoms with Crippen molar-refractivity contribution in [3.05, 3.63) is 56.2 Å². The van der Waals surface area contributed by atoms with E-state index >= 15 is 0 Å². The van der Waals surface area contributed by atoms with Crippen LogP contribution in [0.15, 0.2) is 29.6 Å². The van der Waals surface area contributed by atoms with Crippen LogP contribution in [0.4, 0.5) is 0 Å². The summed E-state index contributed by atoms with van der Waals surface area (Å²) in [6.45, 7) is 2.18. The first kappa shape index (κ1) is 12.9. The Hall–Kier alpha value is -1.16. The molecule has 2 nitrogen and oxygen atoms in total.